The van der Waals surface area contributed by atoms with Gasteiger partial charge in [-0.3, -0.25) is 9.58 Å². The Bertz CT molecular complexity index is 1190. The number of amides is 1. The highest BCUT2D eigenvalue weighted by Crippen LogP contribution is 2.45. The molecule has 1 N–H and O–H groups in total. The number of hydrogen-bond donors (Lipinski definition) is 1. The second kappa shape index (κ2) is 9.68. The molecule has 0 saturated carbocycles. The SMILES string of the molecule is COC(=O)N1c2ccc(-c3cnn(C4CCNCC4)c3)c(Oc3ccccc3Cl)c2CCC1C. The highest BCUT2D eigenvalue weighted by molar-refractivity contribution is 6.32. The van der Waals surface area contributed by atoms with E-state index in [9.17, 15) is 4.79 Å². The number of piperidine rings is 1. The number of ether oxygens (including phenoxy) is 2. The van der Waals surface area contributed by atoms with Crippen molar-refractivity contribution in [2.45, 2.75) is 44.7 Å². The smallest absolute Gasteiger partial charge is 0.414 e. The van der Waals surface area contributed by atoms with E-state index in [1.165, 1.54) is 7.11 Å². The van der Waals surface area contributed by atoms with Crippen molar-refractivity contribution in [3.05, 3.63) is 59.4 Å². The number of fused-ring (bicyclic) bond motifs is 1. The number of para-hydroxylation sites is 1. The van der Waals surface area contributed by atoms with Crippen molar-refractivity contribution in [2.24, 2.45) is 0 Å². The van der Waals surface area contributed by atoms with Crippen LogP contribution in [0.25, 0.3) is 11.1 Å². The van der Waals surface area contributed by atoms with Gasteiger partial charge in [-0.25, -0.2) is 4.79 Å². The van der Waals surface area contributed by atoms with Gasteiger partial charge in [0.25, 0.3) is 0 Å². The summed E-state index contributed by atoms with van der Waals surface area (Å²) in [6.07, 6.45) is 7.32. The Morgan fingerprint density at radius 3 is 2.71 bits per heavy atom. The van der Waals surface area contributed by atoms with E-state index in [-0.39, 0.29) is 12.1 Å². The molecule has 34 heavy (non-hydrogen) atoms. The summed E-state index contributed by atoms with van der Waals surface area (Å²) in [6, 6.07) is 11.8. The summed E-state index contributed by atoms with van der Waals surface area (Å²) in [6.45, 7) is 4.04. The standard InChI is InChI=1S/C26H29ClN4O3/c1-17-7-8-21-23(31(17)26(32)33-2)10-9-20(25(21)34-24-6-4-3-5-22(24)27)18-15-29-30(16-18)19-11-13-28-14-12-19/h3-6,9-10,15-17,19,28H,7-8,11-14H2,1-2H3. The van der Waals surface area contributed by atoms with Crippen molar-refractivity contribution in [3.8, 4) is 22.6 Å². The molecule has 1 aromatic heterocycles. The Morgan fingerprint density at radius 2 is 1.94 bits per heavy atom. The maximum Gasteiger partial charge on any atom is 0.414 e. The first-order valence-electron chi connectivity index (χ1n) is 11.8. The van der Waals surface area contributed by atoms with Crippen LogP contribution in [0.3, 0.4) is 0 Å². The third-order valence-corrected chi connectivity index (χ3v) is 7.08. The molecule has 0 spiro atoms. The number of benzene rings is 2. The third-order valence-electron chi connectivity index (χ3n) is 6.76. The molecular weight excluding hydrogens is 452 g/mol. The van der Waals surface area contributed by atoms with E-state index in [0.29, 0.717) is 22.6 Å². The van der Waals surface area contributed by atoms with Crippen LogP contribution in [0.4, 0.5) is 10.5 Å². The third kappa shape index (κ3) is 4.26. The Morgan fingerprint density at radius 1 is 1.15 bits per heavy atom. The molecule has 1 unspecified atom stereocenters. The lowest BCUT2D eigenvalue weighted by atomic mass is 9.92. The summed E-state index contributed by atoms with van der Waals surface area (Å²) >= 11 is 6.45. The van der Waals surface area contributed by atoms with Crippen LogP contribution in [-0.4, -0.2) is 42.1 Å². The molecule has 0 radical (unpaired) electrons. The molecule has 2 aliphatic rings. The summed E-state index contributed by atoms with van der Waals surface area (Å²) in [5.41, 5.74) is 3.68. The van der Waals surface area contributed by atoms with Crippen LogP contribution in [0.15, 0.2) is 48.8 Å². The second-order valence-corrected chi connectivity index (χ2v) is 9.30. The number of anilines is 1. The van der Waals surface area contributed by atoms with E-state index >= 15 is 0 Å². The molecule has 7 nitrogen and oxygen atoms in total. The lowest BCUT2D eigenvalue weighted by Crippen LogP contribution is -2.42. The zero-order valence-corrected chi connectivity index (χ0v) is 20.2. The van der Waals surface area contributed by atoms with Gasteiger partial charge in [-0.05, 0) is 70.0 Å². The van der Waals surface area contributed by atoms with Gasteiger partial charge in [-0.15, -0.1) is 0 Å². The number of hydrogen-bond acceptors (Lipinski definition) is 5. The van der Waals surface area contributed by atoms with Gasteiger partial charge in [0.05, 0.1) is 30.1 Å². The van der Waals surface area contributed by atoms with Crippen molar-refractivity contribution >= 4 is 23.4 Å². The second-order valence-electron chi connectivity index (χ2n) is 8.89. The fourth-order valence-electron chi connectivity index (χ4n) is 4.91. The number of halogens is 1. The molecule has 8 heteroatoms. The average Bonchev–Trinajstić information content (AvgIpc) is 3.35. The number of nitrogens with zero attached hydrogens (tertiary/aromatic N) is 3. The first kappa shape index (κ1) is 22.7. The number of rotatable bonds is 4. The van der Waals surface area contributed by atoms with E-state index in [2.05, 4.69) is 21.3 Å². The summed E-state index contributed by atoms with van der Waals surface area (Å²) in [5.74, 6) is 1.28. The predicted octanol–water partition coefficient (Wildman–Crippen LogP) is 5.83. The lowest BCUT2D eigenvalue weighted by Gasteiger charge is -2.35. The molecule has 3 heterocycles. The number of carbonyl (C=O) groups excluding carboxylic acids is 1. The fourth-order valence-corrected chi connectivity index (χ4v) is 5.08. The molecule has 1 fully saturated rings. The van der Waals surface area contributed by atoms with E-state index in [4.69, 9.17) is 21.1 Å². The largest absolute Gasteiger partial charge is 0.455 e. The van der Waals surface area contributed by atoms with Gasteiger partial charge in [0, 0.05) is 28.9 Å². The summed E-state index contributed by atoms with van der Waals surface area (Å²) < 4.78 is 13.6. The number of methoxy groups -OCH3 is 1. The molecule has 5 rings (SSSR count). The molecule has 1 saturated heterocycles. The van der Waals surface area contributed by atoms with E-state index in [0.717, 1.165) is 61.2 Å². The van der Waals surface area contributed by atoms with Gasteiger partial charge in [0.15, 0.2) is 0 Å². The topological polar surface area (TPSA) is 68.6 Å². The van der Waals surface area contributed by atoms with Gasteiger partial charge >= 0.3 is 6.09 Å². The normalized spacial score (nSPS) is 18.4. The number of nitrogens with one attached hydrogen (secondary N) is 1. The van der Waals surface area contributed by atoms with Crippen molar-refractivity contribution in [1.82, 2.24) is 15.1 Å². The van der Waals surface area contributed by atoms with Gasteiger partial charge in [-0.1, -0.05) is 23.7 Å². The van der Waals surface area contributed by atoms with Crippen LogP contribution >= 0.6 is 11.6 Å². The Hall–Kier alpha value is -3.03. The van der Waals surface area contributed by atoms with Crippen molar-refractivity contribution in [3.63, 3.8) is 0 Å². The van der Waals surface area contributed by atoms with Gasteiger partial charge in [-0.2, -0.15) is 5.10 Å². The number of carbonyl (C=O) groups is 1. The van der Waals surface area contributed by atoms with E-state index in [1.54, 1.807) is 4.90 Å². The predicted molar refractivity (Wildman–Crippen MR) is 133 cm³/mol. The molecule has 1 amide bonds. The first-order valence-corrected chi connectivity index (χ1v) is 12.1. The Labute approximate surface area is 204 Å². The van der Waals surface area contributed by atoms with Crippen molar-refractivity contribution < 1.29 is 14.3 Å². The molecule has 178 valence electrons. The minimum atomic E-state index is -0.372. The molecular formula is C26H29ClN4O3. The van der Waals surface area contributed by atoms with E-state index < -0.39 is 0 Å². The van der Waals surface area contributed by atoms with Crippen LogP contribution in [0, 0.1) is 0 Å². The van der Waals surface area contributed by atoms with Crippen LogP contribution in [-0.2, 0) is 11.2 Å². The Balaban J connectivity index is 1.61. The zero-order valence-electron chi connectivity index (χ0n) is 19.5. The number of aromatic nitrogens is 2. The average molecular weight is 481 g/mol. The maximum atomic E-state index is 12.6. The zero-order chi connectivity index (χ0) is 23.7. The maximum absolute atomic E-state index is 12.6. The van der Waals surface area contributed by atoms with Crippen LogP contribution in [0.1, 0.15) is 37.8 Å². The highest BCUT2D eigenvalue weighted by atomic mass is 35.5. The molecule has 0 bridgehead atoms. The monoisotopic (exact) mass is 480 g/mol. The lowest BCUT2D eigenvalue weighted by molar-refractivity contribution is 0.175. The minimum Gasteiger partial charge on any atom is -0.455 e. The van der Waals surface area contributed by atoms with E-state index in [1.807, 2.05) is 49.5 Å². The molecule has 0 aliphatic carbocycles. The van der Waals surface area contributed by atoms with Crippen LogP contribution in [0.5, 0.6) is 11.5 Å². The summed E-state index contributed by atoms with van der Waals surface area (Å²) in [4.78, 5) is 14.3. The summed E-state index contributed by atoms with van der Waals surface area (Å²) in [7, 11) is 1.41. The van der Waals surface area contributed by atoms with Gasteiger partial charge in [0.2, 0.25) is 0 Å². The van der Waals surface area contributed by atoms with Crippen LogP contribution in [0.2, 0.25) is 5.02 Å². The molecule has 2 aromatic carbocycles. The molecule has 1 atom stereocenters. The van der Waals surface area contributed by atoms with Crippen molar-refractivity contribution in [1.29, 1.82) is 0 Å². The van der Waals surface area contributed by atoms with Gasteiger partial charge < -0.3 is 14.8 Å². The minimum absolute atomic E-state index is 0.0293. The van der Waals surface area contributed by atoms with Crippen LogP contribution < -0.4 is 15.0 Å². The van der Waals surface area contributed by atoms with Crippen molar-refractivity contribution in [2.75, 3.05) is 25.1 Å². The fraction of sp³-hybridized carbons (Fsp3) is 0.385. The Kier molecular flexibility index (Phi) is 6.48. The highest BCUT2D eigenvalue weighted by Gasteiger charge is 2.32. The van der Waals surface area contributed by atoms with Gasteiger partial charge in [0.1, 0.15) is 11.5 Å². The molecule has 2 aliphatic heterocycles. The molecule has 3 aromatic rings. The summed E-state index contributed by atoms with van der Waals surface area (Å²) in [5, 5.41) is 8.62. The quantitative estimate of drug-likeness (QED) is 0.509. The first-order chi connectivity index (χ1) is 16.6.